The third-order valence-corrected chi connectivity index (χ3v) is 3.51. The Balaban J connectivity index is 1.74. The summed E-state index contributed by atoms with van der Waals surface area (Å²) < 4.78 is 0. The minimum atomic E-state index is -0.296. The van der Waals surface area contributed by atoms with Crippen molar-refractivity contribution in [1.29, 1.82) is 0 Å². The zero-order valence-corrected chi connectivity index (χ0v) is 13.7. The van der Waals surface area contributed by atoms with Crippen LogP contribution in [-0.2, 0) is 0 Å². The van der Waals surface area contributed by atoms with E-state index in [0.29, 0.717) is 16.7 Å². The molecule has 6 heteroatoms. The molecule has 5 nitrogen and oxygen atoms in total. The Bertz CT molecular complexity index is 865. The molecule has 0 aliphatic heterocycles. The molecule has 0 saturated carbocycles. The zero-order chi connectivity index (χ0) is 16.9. The number of rotatable bonds is 4. The summed E-state index contributed by atoms with van der Waals surface area (Å²) in [6.07, 6.45) is 1.53. The number of carbonyl (C=O) groups is 1. The molecule has 0 aliphatic carbocycles. The first kappa shape index (κ1) is 16.0. The van der Waals surface area contributed by atoms with E-state index in [-0.39, 0.29) is 11.6 Å². The standard InChI is InChI=1S/C18H15ClN4O/c1-12-5-7-14(8-6-12)21-17(24)16-9-10-20-18(23-16)22-15-4-2-3-13(19)11-15/h2-11H,1H3,(H,21,24)(H,20,22,23). The summed E-state index contributed by atoms with van der Waals surface area (Å²) in [4.78, 5) is 20.7. The second kappa shape index (κ2) is 7.10. The number of hydrogen-bond acceptors (Lipinski definition) is 4. The van der Waals surface area contributed by atoms with Crippen molar-refractivity contribution in [2.24, 2.45) is 0 Å². The van der Waals surface area contributed by atoms with E-state index in [0.717, 1.165) is 11.3 Å². The lowest BCUT2D eigenvalue weighted by molar-refractivity contribution is 0.102. The average Bonchev–Trinajstić information content (AvgIpc) is 2.57. The van der Waals surface area contributed by atoms with Crippen LogP contribution >= 0.6 is 11.6 Å². The first-order valence-electron chi connectivity index (χ1n) is 7.34. The van der Waals surface area contributed by atoms with E-state index in [4.69, 9.17) is 11.6 Å². The maximum absolute atomic E-state index is 12.3. The van der Waals surface area contributed by atoms with Crippen LogP contribution in [0.3, 0.4) is 0 Å². The second-order valence-electron chi connectivity index (χ2n) is 5.22. The molecule has 1 heterocycles. The lowest BCUT2D eigenvalue weighted by atomic mass is 10.2. The summed E-state index contributed by atoms with van der Waals surface area (Å²) in [6, 6.07) is 16.3. The summed E-state index contributed by atoms with van der Waals surface area (Å²) in [5, 5.41) is 6.44. The fraction of sp³-hybridized carbons (Fsp3) is 0.0556. The van der Waals surface area contributed by atoms with Crippen LogP contribution in [0.4, 0.5) is 17.3 Å². The van der Waals surface area contributed by atoms with Gasteiger partial charge in [0, 0.05) is 22.6 Å². The molecule has 1 amide bonds. The van der Waals surface area contributed by atoms with Gasteiger partial charge in [-0.15, -0.1) is 0 Å². The number of benzene rings is 2. The van der Waals surface area contributed by atoms with Crippen LogP contribution in [0.1, 0.15) is 16.1 Å². The lowest BCUT2D eigenvalue weighted by Crippen LogP contribution is -2.14. The number of nitrogens with zero attached hydrogens (tertiary/aromatic N) is 2. The van der Waals surface area contributed by atoms with Crippen molar-refractivity contribution in [2.45, 2.75) is 6.92 Å². The summed E-state index contributed by atoms with van der Waals surface area (Å²) in [7, 11) is 0. The number of anilines is 3. The van der Waals surface area contributed by atoms with Crippen LogP contribution in [0.15, 0.2) is 60.8 Å². The quantitative estimate of drug-likeness (QED) is 0.738. The van der Waals surface area contributed by atoms with Gasteiger partial charge in [0.15, 0.2) is 0 Å². The number of aryl methyl sites for hydroxylation is 1. The average molecular weight is 339 g/mol. The number of carbonyl (C=O) groups excluding carboxylic acids is 1. The van der Waals surface area contributed by atoms with Gasteiger partial charge in [-0.05, 0) is 43.3 Å². The van der Waals surface area contributed by atoms with Gasteiger partial charge in [0.25, 0.3) is 5.91 Å². The number of nitrogens with one attached hydrogen (secondary N) is 2. The monoisotopic (exact) mass is 338 g/mol. The van der Waals surface area contributed by atoms with Crippen molar-refractivity contribution in [3.63, 3.8) is 0 Å². The van der Waals surface area contributed by atoms with Crippen LogP contribution in [-0.4, -0.2) is 15.9 Å². The highest BCUT2D eigenvalue weighted by molar-refractivity contribution is 6.30. The molecule has 0 radical (unpaired) electrons. The highest BCUT2D eigenvalue weighted by Gasteiger charge is 2.09. The maximum Gasteiger partial charge on any atom is 0.274 e. The van der Waals surface area contributed by atoms with Crippen molar-refractivity contribution < 1.29 is 4.79 Å². The van der Waals surface area contributed by atoms with Crippen molar-refractivity contribution in [3.8, 4) is 0 Å². The van der Waals surface area contributed by atoms with E-state index in [2.05, 4.69) is 20.6 Å². The Labute approximate surface area is 144 Å². The zero-order valence-electron chi connectivity index (χ0n) is 13.0. The molecule has 0 bridgehead atoms. The normalized spacial score (nSPS) is 10.2. The molecule has 3 rings (SSSR count). The predicted molar refractivity (Wildman–Crippen MR) is 95.9 cm³/mol. The Morgan fingerprint density at radius 2 is 1.83 bits per heavy atom. The van der Waals surface area contributed by atoms with Crippen LogP contribution in [0.2, 0.25) is 5.02 Å². The molecule has 0 spiro atoms. The van der Waals surface area contributed by atoms with E-state index in [1.807, 2.05) is 43.3 Å². The molecule has 0 atom stereocenters. The minimum Gasteiger partial charge on any atom is -0.324 e. The third-order valence-electron chi connectivity index (χ3n) is 3.28. The molecule has 0 fully saturated rings. The van der Waals surface area contributed by atoms with E-state index in [9.17, 15) is 4.79 Å². The molecule has 120 valence electrons. The molecule has 1 aromatic heterocycles. The van der Waals surface area contributed by atoms with Gasteiger partial charge < -0.3 is 10.6 Å². The van der Waals surface area contributed by atoms with Gasteiger partial charge >= 0.3 is 0 Å². The first-order chi connectivity index (χ1) is 11.6. The van der Waals surface area contributed by atoms with Gasteiger partial charge in [0.2, 0.25) is 5.95 Å². The van der Waals surface area contributed by atoms with Crippen molar-refractivity contribution in [1.82, 2.24) is 9.97 Å². The molecule has 0 aliphatic rings. The number of halogens is 1. The smallest absolute Gasteiger partial charge is 0.274 e. The Kier molecular flexibility index (Phi) is 4.72. The molecule has 24 heavy (non-hydrogen) atoms. The summed E-state index contributed by atoms with van der Waals surface area (Å²) in [6.45, 7) is 1.99. The fourth-order valence-electron chi connectivity index (χ4n) is 2.07. The van der Waals surface area contributed by atoms with Crippen molar-refractivity contribution in [3.05, 3.63) is 77.1 Å². The van der Waals surface area contributed by atoms with E-state index < -0.39 is 0 Å². The van der Waals surface area contributed by atoms with E-state index in [1.54, 1.807) is 18.2 Å². The van der Waals surface area contributed by atoms with Crippen LogP contribution < -0.4 is 10.6 Å². The predicted octanol–water partition coefficient (Wildman–Crippen LogP) is 4.43. The molecular formula is C18H15ClN4O. The van der Waals surface area contributed by atoms with E-state index in [1.165, 1.54) is 6.20 Å². The summed E-state index contributed by atoms with van der Waals surface area (Å²) in [5.41, 5.74) is 2.87. The molecule has 2 N–H and O–H groups in total. The SMILES string of the molecule is Cc1ccc(NC(=O)c2ccnc(Nc3cccc(Cl)c3)n2)cc1. The maximum atomic E-state index is 12.3. The lowest BCUT2D eigenvalue weighted by Gasteiger charge is -2.08. The number of hydrogen-bond donors (Lipinski definition) is 2. The van der Waals surface area contributed by atoms with Crippen LogP contribution in [0, 0.1) is 6.92 Å². The van der Waals surface area contributed by atoms with Crippen molar-refractivity contribution >= 4 is 34.8 Å². The summed E-state index contributed by atoms with van der Waals surface area (Å²) >= 11 is 5.95. The van der Waals surface area contributed by atoms with Gasteiger partial charge in [-0.25, -0.2) is 9.97 Å². The van der Waals surface area contributed by atoms with Gasteiger partial charge in [-0.3, -0.25) is 4.79 Å². The molecule has 0 unspecified atom stereocenters. The second-order valence-corrected chi connectivity index (χ2v) is 5.66. The van der Waals surface area contributed by atoms with Gasteiger partial charge in [-0.1, -0.05) is 35.4 Å². The number of aromatic nitrogens is 2. The summed E-state index contributed by atoms with van der Waals surface area (Å²) in [5.74, 6) is 0.0317. The van der Waals surface area contributed by atoms with Gasteiger partial charge in [0.05, 0.1) is 0 Å². The Hall–Kier alpha value is -2.92. The molecule has 0 saturated heterocycles. The minimum absolute atomic E-state index is 0.273. The van der Waals surface area contributed by atoms with Crippen molar-refractivity contribution in [2.75, 3.05) is 10.6 Å². The Morgan fingerprint density at radius 1 is 1.04 bits per heavy atom. The molecular weight excluding hydrogens is 324 g/mol. The van der Waals surface area contributed by atoms with Gasteiger partial charge in [-0.2, -0.15) is 0 Å². The topological polar surface area (TPSA) is 66.9 Å². The number of amides is 1. The largest absolute Gasteiger partial charge is 0.324 e. The highest BCUT2D eigenvalue weighted by Crippen LogP contribution is 2.18. The highest BCUT2D eigenvalue weighted by atomic mass is 35.5. The third kappa shape index (κ3) is 4.08. The van der Waals surface area contributed by atoms with Crippen LogP contribution in [0.5, 0.6) is 0 Å². The van der Waals surface area contributed by atoms with Gasteiger partial charge in [0.1, 0.15) is 5.69 Å². The van der Waals surface area contributed by atoms with Crippen LogP contribution in [0.25, 0.3) is 0 Å². The molecule has 2 aromatic carbocycles. The first-order valence-corrected chi connectivity index (χ1v) is 7.71. The fourth-order valence-corrected chi connectivity index (χ4v) is 2.26. The Morgan fingerprint density at radius 3 is 2.58 bits per heavy atom. The van der Waals surface area contributed by atoms with E-state index >= 15 is 0 Å². The molecule has 3 aromatic rings.